The smallest absolute Gasteiger partial charge is 0.412 e. The molecule has 1 heterocycles. The molecule has 144 valence electrons. The number of nitrogens with one attached hydrogen (secondary N) is 2. The molecular weight excluding hydrogens is 330 g/mol. The molecule has 2 N–H and O–H groups in total. The normalized spacial score (nSPS) is 16.2. The molecule has 2 amide bonds. The Balaban J connectivity index is 1.83. The molecule has 2 rings (SSSR count). The van der Waals surface area contributed by atoms with E-state index in [0.29, 0.717) is 23.7 Å². The average molecular weight is 361 g/mol. The van der Waals surface area contributed by atoms with Crippen molar-refractivity contribution in [2.45, 2.75) is 46.1 Å². The summed E-state index contributed by atoms with van der Waals surface area (Å²) in [6.07, 6.45) is 2.02. The second-order valence-corrected chi connectivity index (χ2v) is 8.03. The maximum absolute atomic E-state index is 12.4. The van der Waals surface area contributed by atoms with Gasteiger partial charge in [0.15, 0.2) is 0 Å². The van der Waals surface area contributed by atoms with Crippen LogP contribution in [0.2, 0.25) is 0 Å². The lowest BCUT2D eigenvalue weighted by Crippen LogP contribution is -2.34. The predicted octanol–water partition coefficient (Wildman–Crippen LogP) is 3.50. The molecule has 1 unspecified atom stereocenters. The summed E-state index contributed by atoms with van der Waals surface area (Å²) >= 11 is 0. The van der Waals surface area contributed by atoms with Crippen molar-refractivity contribution in [1.82, 2.24) is 10.2 Å². The maximum atomic E-state index is 12.4. The van der Waals surface area contributed by atoms with Crippen LogP contribution in [-0.4, -0.2) is 48.7 Å². The molecule has 0 spiro atoms. The van der Waals surface area contributed by atoms with Crippen molar-refractivity contribution < 1.29 is 14.3 Å². The van der Waals surface area contributed by atoms with E-state index in [0.717, 1.165) is 19.6 Å². The number of hydrogen-bond acceptors (Lipinski definition) is 4. The van der Waals surface area contributed by atoms with Crippen LogP contribution in [0.5, 0.6) is 0 Å². The predicted molar refractivity (Wildman–Crippen MR) is 103 cm³/mol. The summed E-state index contributed by atoms with van der Waals surface area (Å²) in [7, 11) is 0. The number of carbonyl (C=O) groups is 2. The summed E-state index contributed by atoms with van der Waals surface area (Å²) < 4.78 is 5.23. The highest BCUT2D eigenvalue weighted by atomic mass is 16.6. The van der Waals surface area contributed by atoms with Crippen LogP contribution in [0.4, 0.5) is 10.5 Å². The van der Waals surface area contributed by atoms with Gasteiger partial charge in [0.1, 0.15) is 5.60 Å². The molecule has 1 atom stereocenters. The Labute approximate surface area is 156 Å². The van der Waals surface area contributed by atoms with Crippen molar-refractivity contribution in [3.63, 3.8) is 0 Å². The van der Waals surface area contributed by atoms with Crippen molar-refractivity contribution in [2.24, 2.45) is 5.92 Å². The van der Waals surface area contributed by atoms with E-state index < -0.39 is 11.7 Å². The lowest BCUT2D eigenvalue weighted by Gasteiger charge is -2.20. The van der Waals surface area contributed by atoms with Crippen LogP contribution in [0.3, 0.4) is 0 Å². The average Bonchev–Trinajstić information content (AvgIpc) is 3.03. The van der Waals surface area contributed by atoms with Gasteiger partial charge in [-0.1, -0.05) is 13.0 Å². The molecule has 1 fully saturated rings. The van der Waals surface area contributed by atoms with Crippen molar-refractivity contribution in [2.75, 3.05) is 31.5 Å². The fourth-order valence-corrected chi connectivity index (χ4v) is 3.00. The lowest BCUT2D eigenvalue weighted by atomic mass is 10.1. The highest BCUT2D eigenvalue weighted by molar-refractivity contribution is 5.96. The largest absolute Gasteiger partial charge is 0.444 e. The molecule has 1 saturated heterocycles. The fraction of sp³-hybridized carbons (Fsp3) is 0.600. The molecule has 1 aromatic carbocycles. The Kier molecular flexibility index (Phi) is 7.03. The van der Waals surface area contributed by atoms with Crippen LogP contribution in [-0.2, 0) is 4.74 Å². The second kappa shape index (κ2) is 9.03. The number of nitrogens with zero attached hydrogens (tertiary/aromatic N) is 1. The van der Waals surface area contributed by atoms with Gasteiger partial charge in [-0.15, -0.1) is 0 Å². The summed E-state index contributed by atoms with van der Waals surface area (Å²) in [5, 5.41) is 5.64. The topological polar surface area (TPSA) is 70.7 Å². The van der Waals surface area contributed by atoms with E-state index in [4.69, 9.17) is 4.74 Å². The molecule has 0 aromatic heterocycles. The monoisotopic (exact) mass is 361 g/mol. The number of amides is 2. The Morgan fingerprint density at radius 3 is 2.58 bits per heavy atom. The quantitative estimate of drug-likeness (QED) is 0.814. The number of anilines is 1. The maximum Gasteiger partial charge on any atom is 0.412 e. The highest BCUT2D eigenvalue weighted by Crippen LogP contribution is 2.14. The van der Waals surface area contributed by atoms with Crippen LogP contribution >= 0.6 is 0 Å². The van der Waals surface area contributed by atoms with Crippen LogP contribution < -0.4 is 10.6 Å². The van der Waals surface area contributed by atoms with Gasteiger partial charge in [0.25, 0.3) is 5.91 Å². The Bertz CT molecular complexity index is 619. The highest BCUT2D eigenvalue weighted by Gasteiger charge is 2.17. The summed E-state index contributed by atoms with van der Waals surface area (Å²) in [5.41, 5.74) is 0.494. The minimum absolute atomic E-state index is 0.133. The van der Waals surface area contributed by atoms with Crippen molar-refractivity contribution >= 4 is 17.7 Å². The first kappa shape index (κ1) is 20.2. The standard InChI is InChI=1S/C20H31N3O3/c1-15(14-23-10-5-6-11-23)13-21-18(24)16-8-7-9-17(12-16)22-19(25)26-20(2,3)4/h7-9,12,15H,5-6,10-11,13-14H2,1-4H3,(H,21,24)(H,22,25). The number of benzene rings is 1. The summed E-state index contributed by atoms with van der Waals surface area (Å²) in [6, 6.07) is 6.87. The zero-order chi connectivity index (χ0) is 19.2. The fourth-order valence-electron chi connectivity index (χ4n) is 3.00. The molecule has 26 heavy (non-hydrogen) atoms. The third-order valence-electron chi connectivity index (χ3n) is 4.15. The van der Waals surface area contributed by atoms with Crippen molar-refractivity contribution in [3.05, 3.63) is 29.8 Å². The Morgan fingerprint density at radius 2 is 1.92 bits per heavy atom. The number of rotatable bonds is 6. The van der Waals surface area contributed by atoms with Gasteiger partial charge in [-0.3, -0.25) is 10.1 Å². The van der Waals surface area contributed by atoms with E-state index in [2.05, 4.69) is 22.5 Å². The summed E-state index contributed by atoms with van der Waals surface area (Å²) in [5.74, 6) is 0.270. The van der Waals surface area contributed by atoms with Crippen LogP contribution in [0, 0.1) is 5.92 Å². The summed E-state index contributed by atoms with van der Waals surface area (Å²) in [6.45, 7) is 11.5. The van der Waals surface area contributed by atoms with Gasteiger partial charge in [0, 0.05) is 24.3 Å². The SMILES string of the molecule is CC(CNC(=O)c1cccc(NC(=O)OC(C)(C)C)c1)CN1CCCC1. The van der Waals surface area contributed by atoms with E-state index in [-0.39, 0.29) is 5.91 Å². The van der Waals surface area contributed by atoms with Gasteiger partial charge in [-0.25, -0.2) is 4.79 Å². The van der Waals surface area contributed by atoms with Crippen molar-refractivity contribution in [3.8, 4) is 0 Å². The first-order chi connectivity index (χ1) is 12.2. The van der Waals surface area contributed by atoms with Crippen molar-refractivity contribution in [1.29, 1.82) is 0 Å². The van der Waals surface area contributed by atoms with Crippen LogP contribution in [0.25, 0.3) is 0 Å². The molecule has 6 nitrogen and oxygen atoms in total. The molecule has 0 aliphatic carbocycles. The molecule has 0 bridgehead atoms. The first-order valence-electron chi connectivity index (χ1n) is 9.33. The molecular formula is C20H31N3O3. The minimum Gasteiger partial charge on any atom is -0.444 e. The summed E-state index contributed by atoms with van der Waals surface area (Å²) in [4.78, 5) is 26.7. The number of hydrogen-bond donors (Lipinski definition) is 2. The van der Waals surface area contributed by atoms with Gasteiger partial charge < -0.3 is 15.0 Å². The molecule has 1 aliphatic heterocycles. The molecule has 0 radical (unpaired) electrons. The first-order valence-corrected chi connectivity index (χ1v) is 9.33. The van der Waals surface area contributed by atoms with E-state index in [1.165, 1.54) is 12.8 Å². The lowest BCUT2D eigenvalue weighted by molar-refractivity contribution is 0.0635. The van der Waals surface area contributed by atoms with Gasteiger partial charge in [0.2, 0.25) is 0 Å². The van der Waals surface area contributed by atoms with E-state index in [1.54, 1.807) is 45.0 Å². The molecule has 1 aromatic rings. The van der Waals surface area contributed by atoms with Crippen LogP contribution in [0.15, 0.2) is 24.3 Å². The Hall–Kier alpha value is -2.08. The minimum atomic E-state index is -0.565. The van der Waals surface area contributed by atoms with Crippen LogP contribution in [0.1, 0.15) is 50.9 Å². The zero-order valence-corrected chi connectivity index (χ0v) is 16.3. The van der Waals surface area contributed by atoms with E-state index in [9.17, 15) is 9.59 Å². The number of likely N-dealkylation sites (tertiary alicyclic amines) is 1. The second-order valence-electron chi connectivity index (χ2n) is 8.03. The molecule has 6 heteroatoms. The zero-order valence-electron chi connectivity index (χ0n) is 16.3. The molecule has 1 aliphatic rings. The van der Waals surface area contributed by atoms with Gasteiger partial charge >= 0.3 is 6.09 Å². The molecule has 0 saturated carbocycles. The number of ether oxygens (including phenoxy) is 1. The third kappa shape index (κ3) is 7.04. The van der Waals surface area contributed by atoms with Gasteiger partial charge in [-0.2, -0.15) is 0 Å². The third-order valence-corrected chi connectivity index (χ3v) is 4.15. The van der Waals surface area contributed by atoms with E-state index in [1.807, 2.05) is 0 Å². The van der Waals surface area contributed by atoms with E-state index >= 15 is 0 Å². The van der Waals surface area contributed by atoms with Gasteiger partial charge in [0.05, 0.1) is 0 Å². The van der Waals surface area contributed by atoms with Gasteiger partial charge in [-0.05, 0) is 70.8 Å². The Morgan fingerprint density at radius 1 is 1.23 bits per heavy atom. The number of carbonyl (C=O) groups excluding carboxylic acids is 2.